The van der Waals surface area contributed by atoms with Crippen LogP contribution in [0.5, 0.6) is 0 Å². The Morgan fingerprint density at radius 2 is 1.90 bits per heavy atom. The van der Waals surface area contributed by atoms with Crippen molar-refractivity contribution in [2.24, 2.45) is 0 Å². The Morgan fingerprint density at radius 1 is 1.19 bits per heavy atom. The van der Waals surface area contributed by atoms with E-state index in [0.29, 0.717) is 0 Å². The molecule has 2 rings (SSSR count). The molecule has 110 valence electrons. The zero-order chi connectivity index (χ0) is 15.6. The van der Waals surface area contributed by atoms with Crippen molar-refractivity contribution in [3.63, 3.8) is 0 Å². The van der Waals surface area contributed by atoms with E-state index in [0.717, 1.165) is 10.0 Å². The van der Waals surface area contributed by atoms with Gasteiger partial charge in [-0.25, -0.2) is 8.42 Å². The quantitative estimate of drug-likeness (QED) is 0.658. The molecule has 1 N–H and O–H groups in total. The van der Waals surface area contributed by atoms with E-state index >= 15 is 0 Å². The van der Waals surface area contributed by atoms with Gasteiger partial charge in [0.15, 0.2) is 0 Å². The minimum absolute atomic E-state index is 0.0923. The summed E-state index contributed by atoms with van der Waals surface area (Å²) in [5, 5.41) is 10.7. The second-order valence-corrected chi connectivity index (χ2v) is 6.86. The number of rotatable bonds is 4. The van der Waals surface area contributed by atoms with Crippen LogP contribution in [0.2, 0.25) is 0 Å². The summed E-state index contributed by atoms with van der Waals surface area (Å²) in [6.07, 6.45) is 0. The molecule has 0 aliphatic rings. The molecule has 0 amide bonds. The molecule has 0 aliphatic carbocycles. The Kier molecular flexibility index (Phi) is 4.29. The number of halogens is 1. The maximum Gasteiger partial charge on any atom is 0.271 e. The number of hydrogen-bond donors (Lipinski definition) is 1. The highest BCUT2D eigenvalue weighted by Crippen LogP contribution is 2.23. The predicted octanol–water partition coefficient (Wildman–Crippen LogP) is 3.47. The zero-order valence-corrected chi connectivity index (χ0v) is 13.3. The number of nitro groups is 1. The molecule has 0 saturated heterocycles. The number of sulfonamides is 1. The molecule has 21 heavy (non-hydrogen) atoms. The number of nitro benzene ring substituents is 1. The first kappa shape index (κ1) is 15.5. The smallest absolute Gasteiger partial charge is 0.271 e. The lowest BCUT2D eigenvalue weighted by atomic mass is 10.2. The van der Waals surface area contributed by atoms with E-state index in [1.807, 2.05) is 0 Å². The van der Waals surface area contributed by atoms with E-state index in [4.69, 9.17) is 0 Å². The molecule has 2 aromatic carbocycles. The van der Waals surface area contributed by atoms with Crippen molar-refractivity contribution < 1.29 is 13.3 Å². The molecule has 0 unspecified atom stereocenters. The second-order valence-electron chi connectivity index (χ2n) is 4.32. The summed E-state index contributed by atoms with van der Waals surface area (Å²) in [4.78, 5) is 10.2. The van der Waals surface area contributed by atoms with Crippen LogP contribution in [0.3, 0.4) is 0 Å². The monoisotopic (exact) mass is 370 g/mol. The summed E-state index contributed by atoms with van der Waals surface area (Å²) >= 11 is 3.30. The topological polar surface area (TPSA) is 89.3 Å². The SMILES string of the molecule is Cc1cc(S(=O)(=O)Nc2cccc([N+](=O)[O-])c2)ccc1Br. The average molecular weight is 371 g/mol. The van der Waals surface area contributed by atoms with E-state index in [1.54, 1.807) is 13.0 Å². The lowest BCUT2D eigenvalue weighted by Gasteiger charge is -2.09. The van der Waals surface area contributed by atoms with Crippen LogP contribution >= 0.6 is 15.9 Å². The fraction of sp³-hybridized carbons (Fsp3) is 0.0769. The van der Waals surface area contributed by atoms with Gasteiger partial charge >= 0.3 is 0 Å². The molecule has 0 radical (unpaired) electrons. The Labute approximate surface area is 130 Å². The largest absolute Gasteiger partial charge is 0.279 e. The molecule has 8 heteroatoms. The molecule has 0 heterocycles. The highest BCUT2D eigenvalue weighted by atomic mass is 79.9. The van der Waals surface area contributed by atoms with E-state index in [2.05, 4.69) is 20.7 Å². The first-order chi connectivity index (χ1) is 9.79. The molecule has 2 aromatic rings. The molecule has 0 bridgehead atoms. The number of nitrogens with one attached hydrogen (secondary N) is 1. The van der Waals surface area contributed by atoms with Crippen LogP contribution in [0.15, 0.2) is 51.8 Å². The first-order valence-corrected chi connectivity index (χ1v) is 8.10. The van der Waals surface area contributed by atoms with Gasteiger partial charge in [0.2, 0.25) is 0 Å². The van der Waals surface area contributed by atoms with Gasteiger partial charge in [0, 0.05) is 16.6 Å². The van der Waals surface area contributed by atoms with Gasteiger partial charge in [0.1, 0.15) is 0 Å². The number of non-ortho nitro benzene ring substituents is 1. The number of anilines is 1. The van der Waals surface area contributed by atoms with Gasteiger partial charge in [-0.3, -0.25) is 14.8 Å². The Balaban J connectivity index is 2.35. The average Bonchev–Trinajstić information content (AvgIpc) is 2.41. The van der Waals surface area contributed by atoms with E-state index in [-0.39, 0.29) is 16.3 Å². The lowest BCUT2D eigenvalue weighted by molar-refractivity contribution is -0.384. The summed E-state index contributed by atoms with van der Waals surface area (Å²) in [5.74, 6) is 0. The van der Waals surface area contributed by atoms with E-state index < -0.39 is 14.9 Å². The minimum Gasteiger partial charge on any atom is -0.279 e. The molecular formula is C13H11BrN2O4S. The maximum absolute atomic E-state index is 12.2. The van der Waals surface area contributed by atoms with Gasteiger partial charge in [-0.1, -0.05) is 22.0 Å². The summed E-state index contributed by atoms with van der Waals surface area (Å²) in [7, 11) is -3.79. The van der Waals surface area contributed by atoms with Crippen LogP contribution in [-0.4, -0.2) is 13.3 Å². The fourth-order valence-corrected chi connectivity index (χ4v) is 3.06. The second kappa shape index (κ2) is 5.82. The normalized spacial score (nSPS) is 11.1. The van der Waals surface area contributed by atoms with Gasteiger partial charge in [-0.05, 0) is 36.8 Å². The van der Waals surface area contributed by atoms with Crippen LogP contribution in [0.25, 0.3) is 0 Å². The van der Waals surface area contributed by atoms with E-state index in [1.165, 1.54) is 36.4 Å². The van der Waals surface area contributed by atoms with Gasteiger partial charge in [-0.15, -0.1) is 0 Å². The molecule has 6 nitrogen and oxygen atoms in total. The molecule has 0 saturated carbocycles. The van der Waals surface area contributed by atoms with Crippen molar-refractivity contribution in [2.75, 3.05) is 4.72 Å². The third-order valence-electron chi connectivity index (χ3n) is 2.75. The third-order valence-corrected chi connectivity index (χ3v) is 5.02. The predicted molar refractivity (Wildman–Crippen MR) is 82.8 cm³/mol. The highest BCUT2D eigenvalue weighted by Gasteiger charge is 2.16. The number of nitrogens with zero attached hydrogens (tertiary/aromatic N) is 1. The summed E-state index contributed by atoms with van der Waals surface area (Å²) in [5.41, 5.74) is 0.740. The van der Waals surface area contributed by atoms with Crippen molar-refractivity contribution in [1.82, 2.24) is 0 Å². The summed E-state index contributed by atoms with van der Waals surface area (Å²) < 4.78 is 27.6. The molecular weight excluding hydrogens is 360 g/mol. The molecule has 0 aliphatic heterocycles. The molecule has 0 atom stereocenters. The van der Waals surface area contributed by atoms with Crippen molar-refractivity contribution >= 4 is 37.3 Å². The Bertz CT molecular complexity index is 806. The Hall–Kier alpha value is -1.93. The standard InChI is InChI=1S/C13H11BrN2O4S/c1-9-7-12(5-6-13(9)14)21(19,20)15-10-3-2-4-11(8-10)16(17)18/h2-8,15H,1H3. The van der Waals surface area contributed by atoms with Crippen molar-refractivity contribution in [3.8, 4) is 0 Å². The van der Waals surface area contributed by atoms with Gasteiger partial charge in [0.25, 0.3) is 15.7 Å². The van der Waals surface area contributed by atoms with Gasteiger partial charge in [0.05, 0.1) is 15.5 Å². The minimum atomic E-state index is -3.79. The maximum atomic E-state index is 12.2. The lowest BCUT2D eigenvalue weighted by Crippen LogP contribution is -2.13. The number of hydrogen-bond acceptors (Lipinski definition) is 4. The van der Waals surface area contributed by atoms with Crippen LogP contribution in [0.1, 0.15) is 5.56 Å². The molecule has 0 fully saturated rings. The van der Waals surface area contributed by atoms with Crippen LogP contribution in [0.4, 0.5) is 11.4 Å². The van der Waals surface area contributed by atoms with Crippen molar-refractivity contribution in [1.29, 1.82) is 0 Å². The summed E-state index contributed by atoms with van der Waals surface area (Å²) in [6, 6.07) is 9.95. The summed E-state index contributed by atoms with van der Waals surface area (Å²) in [6.45, 7) is 1.77. The van der Waals surface area contributed by atoms with Crippen LogP contribution in [-0.2, 0) is 10.0 Å². The van der Waals surface area contributed by atoms with Crippen molar-refractivity contribution in [2.45, 2.75) is 11.8 Å². The van der Waals surface area contributed by atoms with Gasteiger partial charge in [-0.2, -0.15) is 0 Å². The third kappa shape index (κ3) is 3.59. The van der Waals surface area contributed by atoms with Gasteiger partial charge < -0.3 is 0 Å². The van der Waals surface area contributed by atoms with E-state index in [9.17, 15) is 18.5 Å². The molecule has 0 aromatic heterocycles. The number of aryl methyl sites for hydroxylation is 1. The van der Waals surface area contributed by atoms with Crippen LogP contribution in [0, 0.1) is 17.0 Å². The molecule has 0 spiro atoms. The fourth-order valence-electron chi connectivity index (χ4n) is 1.68. The number of benzene rings is 2. The van der Waals surface area contributed by atoms with Crippen molar-refractivity contribution in [3.05, 3.63) is 62.6 Å². The van der Waals surface area contributed by atoms with Crippen LogP contribution < -0.4 is 4.72 Å². The zero-order valence-electron chi connectivity index (χ0n) is 10.9. The first-order valence-electron chi connectivity index (χ1n) is 5.83. The Morgan fingerprint density at radius 3 is 2.52 bits per heavy atom. The highest BCUT2D eigenvalue weighted by molar-refractivity contribution is 9.10.